The van der Waals surface area contributed by atoms with Crippen LogP contribution in [0.3, 0.4) is 0 Å². The molecule has 10 aromatic carbocycles. The van der Waals surface area contributed by atoms with Crippen molar-refractivity contribution in [1.82, 2.24) is 0 Å². The van der Waals surface area contributed by atoms with E-state index in [1.54, 1.807) is 0 Å². The molecule has 0 N–H and O–H groups in total. The fraction of sp³-hybridized carbons (Fsp3) is 0.0164. The van der Waals surface area contributed by atoms with Gasteiger partial charge in [-0.1, -0.05) is 182 Å². The summed E-state index contributed by atoms with van der Waals surface area (Å²) in [6.07, 6.45) is 0. The molecule has 11 aromatic rings. The third-order valence-corrected chi connectivity index (χ3v) is 14.6. The van der Waals surface area contributed by atoms with Crippen LogP contribution in [0.5, 0.6) is 0 Å². The Balaban J connectivity index is 1.07. The zero-order chi connectivity index (χ0) is 41.5. The molecule has 0 amide bonds. The van der Waals surface area contributed by atoms with Gasteiger partial charge >= 0.3 is 0 Å². The Labute approximate surface area is 371 Å². The van der Waals surface area contributed by atoms with Gasteiger partial charge in [0.2, 0.25) is 0 Å². The highest BCUT2D eigenvalue weighted by Crippen LogP contribution is 2.65. The van der Waals surface area contributed by atoms with Crippen molar-refractivity contribution in [2.45, 2.75) is 5.41 Å². The van der Waals surface area contributed by atoms with Crippen molar-refractivity contribution in [1.29, 1.82) is 0 Å². The molecule has 1 unspecified atom stereocenters. The number of nitrogens with zero attached hydrogens (tertiary/aromatic N) is 1. The van der Waals surface area contributed by atoms with E-state index in [4.69, 9.17) is 0 Å². The van der Waals surface area contributed by atoms with Gasteiger partial charge in [-0.3, -0.25) is 0 Å². The first-order chi connectivity index (χ1) is 31.2. The van der Waals surface area contributed by atoms with Crippen LogP contribution in [-0.2, 0) is 5.41 Å². The van der Waals surface area contributed by atoms with E-state index in [1.807, 2.05) is 11.3 Å². The van der Waals surface area contributed by atoms with Crippen LogP contribution in [0.1, 0.15) is 22.3 Å². The summed E-state index contributed by atoms with van der Waals surface area (Å²) in [6, 6.07) is 87.7. The van der Waals surface area contributed by atoms with E-state index >= 15 is 0 Å². The summed E-state index contributed by atoms with van der Waals surface area (Å²) >= 11 is 1.90. The average Bonchev–Trinajstić information content (AvgIpc) is 3.99. The van der Waals surface area contributed by atoms with Crippen LogP contribution in [0, 0.1) is 0 Å². The maximum absolute atomic E-state index is 2.51. The maximum atomic E-state index is 2.51. The Morgan fingerprint density at radius 1 is 0.302 bits per heavy atom. The third kappa shape index (κ3) is 5.42. The number of rotatable bonds is 6. The number of thiophene rings is 1. The van der Waals surface area contributed by atoms with Crippen molar-refractivity contribution in [3.8, 4) is 55.6 Å². The molecule has 0 aliphatic heterocycles. The summed E-state index contributed by atoms with van der Waals surface area (Å²) in [5.41, 5.74) is 20.7. The second-order valence-corrected chi connectivity index (χ2v) is 17.9. The Morgan fingerprint density at radius 3 is 1.44 bits per heavy atom. The van der Waals surface area contributed by atoms with Crippen molar-refractivity contribution in [3.05, 3.63) is 259 Å². The van der Waals surface area contributed by atoms with Crippen LogP contribution >= 0.6 is 11.3 Å². The first-order valence-corrected chi connectivity index (χ1v) is 22.6. The normalized spacial score (nSPS) is 14.4. The first-order valence-electron chi connectivity index (χ1n) is 21.7. The molecular formula is C61H39NS. The second-order valence-electron chi connectivity index (χ2n) is 16.8. The van der Waals surface area contributed by atoms with Gasteiger partial charge in [-0.15, -0.1) is 11.3 Å². The monoisotopic (exact) mass is 817 g/mol. The van der Waals surface area contributed by atoms with E-state index in [9.17, 15) is 0 Å². The van der Waals surface area contributed by atoms with Crippen LogP contribution in [0.4, 0.5) is 17.1 Å². The molecular weight excluding hydrogens is 779 g/mol. The number of anilines is 3. The molecule has 1 aromatic heterocycles. The molecule has 1 atom stereocenters. The minimum atomic E-state index is -0.547. The highest BCUT2D eigenvalue weighted by Gasteiger charge is 2.52. The van der Waals surface area contributed by atoms with Gasteiger partial charge < -0.3 is 4.90 Å². The molecule has 1 spiro atoms. The first kappa shape index (κ1) is 35.9. The summed E-state index contributed by atoms with van der Waals surface area (Å²) in [6.45, 7) is 0. The summed E-state index contributed by atoms with van der Waals surface area (Å²) in [7, 11) is 0. The van der Waals surface area contributed by atoms with Gasteiger partial charge in [-0.25, -0.2) is 0 Å². The summed E-state index contributed by atoms with van der Waals surface area (Å²) in [4.78, 5) is 2.44. The van der Waals surface area contributed by atoms with Gasteiger partial charge in [0.1, 0.15) is 0 Å². The zero-order valence-corrected chi connectivity index (χ0v) is 35.2. The van der Waals surface area contributed by atoms with E-state index < -0.39 is 5.41 Å². The minimum absolute atomic E-state index is 0.547. The molecule has 0 saturated carbocycles. The Kier molecular flexibility index (Phi) is 8.06. The zero-order valence-electron chi connectivity index (χ0n) is 34.4. The standard InChI is InChI=1S/C61H39NS/c1-4-14-40(15-5-1)43-24-29-46(30-25-43)62(47-31-26-44(27-32-47)41-16-6-2-7-17-41)48-33-35-50-49-34-28-45(42-18-8-3-9-19-42)38-55(49)61(56(50)39-48)53-22-12-10-20-51(53)59-54(61)36-37-58-60(59)52-21-11-13-23-57(52)63-58/h1-39H. The van der Waals surface area contributed by atoms with Crippen molar-refractivity contribution < 1.29 is 0 Å². The molecule has 0 fully saturated rings. The van der Waals surface area contributed by atoms with Crippen molar-refractivity contribution >= 4 is 48.6 Å². The Morgan fingerprint density at radius 2 is 0.794 bits per heavy atom. The van der Waals surface area contributed by atoms with E-state index in [-0.39, 0.29) is 0 Å². The van der Waals surface area contributed by atoms with Gasteiger partial charge in [0, 0.05) is 37.2 Å². The average molecular weight is 818 g/mol. The number of fused-ring (bicyclic) bond motifs is 14. The Bertz CT molecular complexity index is 3450. The summed E-state index contributed by atoms with van der Waals surface area (Å²) < 4.78 is 2.66. The lowest BCUT2D eigenvalue weighted by molar-refractivity contribution is 0.794. The Hall–Kier alpha value is -7.78. The lowest BCUT2D eigenvalue weighted by Gasteiger charge is -2.32. The lowest BCUT2D eigenvalue weighted by atomic mass is 9.70. The van der Waals surface area contributed by atoms with Gasteiger partial charge in [-0.05, 0) is 132 Å². The van der Waals surface area contributed by atoms with Gasteiger partial charge in [0.05, 0.1) is 5.41 Å². The van der Waals surface area contributed by atoms with Crippen LogP contribution in [-0.4, -0.2) is 0 Å². The van der Waals surface area contributed by atoms with Gasteiger partial charge in [0.25, 0.3) is 0 Å². The minimum Gasteiger partial charge on any atom is -0.310 e. The third-order valence-electron chi connectivity index (χ3n) is 13.5. The SMILES string of the molecule is c1ccc(-c2ccc(N(c3ccc(-c4ccccc4)cc3)c3ccc4c(c3)C3(c5cc(-c6ccccc6)ccc5-4)c4ccccc4-c4c3ccc3sc5ccccc5c43)cc2)cc1. The lowest BCUT2D eigenvalue weighted by Crippen LogP contribution is -2.26. The van der Waals surface area contributed by atoms with Crippen molar-refractivity contribution in [2.24, 2.45) is 0 Å². The fourth-order valence-electron chi connectivity index (χ4n) is 10.7. The molecule has 0 radical (unpaired) electrons. The highest BCUT2D eigenvalue weighted by atomic mass is 32.1. The fourth-order valence-corrected chi connectivity index (χ4v) is 11.9. The number of hydrogen-bond acceptors (Lipinski definition) is 2. The number of benzene rings is 10. The molecule has 0 saturated heterocycles. The summed E-state index contributed by atoms with van der Waals surface area (Å²) in [5, 5.41) is 2.69. The smallest absolute Gasteiger partial charge is 0.0726 e. The molecule has 0 bridgehead atoms. The quantitative estimate of drug-likeness (QED) is 0.162. The van der Waals surface area contributed by atoms with Crippen molar-refractivity contribution in [2.75, 3.05) is 4.90 Å². The molecule has 1 heterocycles. The largest absolute Gasteiger partial charge is 0.310 e. The van der Waals surface area contributed by atoms with Crippen LogP contribution in [0.15, 0.2) is 237 Å². The van der Waals surface area contributed by atoms with E-state index in [1.165, 1.54) is 98.1 Å². The molecule has 294 valence electrons. The molecule has 63 heavy (non-hydrogen) atoms. The highest BCUT2D eigenvalue weighted by molar-refractivity contribution is 7.26. The molecule has 2 heteroatoms. The van der Waals surface area contributed by atoms with Gasteiger partial charge in [-0.2, -0.15) is 0 Å². The molecule has 2 aliphatic rings. The van der Waals surface area contributed by atoms with Crippen LogP contribution in [0.2, 0.25) is 0 Å². The molecule has 13 rings (SSSR count). The number of hydrogen-bond donors (Lipinski definition) is 0. The van der Waals surface area contributed by atoms with E-state index in [0.29, 0.717) is 0 Å². The predicted molar refractivity (Wildman–Crippen MR) is 267 cm³/mol. The van der Waals surface area contributed by atoms with Gasteiger partial charge in [0.15, 0.2) is 0 Å². The molecule has 1 nitrogen and oxygen atoms in total. The van der Waals surface area contributed by atoms with Crippen LogP contribution < -0.4 is 4.90 Å². The topological polar surface area (TPSA) is 3.24 Å². The second kappa shape index (κ2) is 14.1. The predicted octanol–water partition coefficient (Wildman–Crippen LogP) is 16.9. The van der Waals surface area contributed by atoms with Crippen molar-refractivity contribution in [3.63, 3.8) is 0 Å². The molecule has 2 aliphatic carbocycles. The maximum Gasteiger partial charge on any atom is 0.0726 e. The summed E-state index contributed by atoms with van der Waals surface area (Å²) in [5.74, 6) is 0. The van der Waals surface area contributed by atoms with E-state index in [0.717, 1.165) is 17.1 Å². The van der Waals surface area contributed by atoms with Crippen LogP contribution in [0.25, 0.3) is 75.8 Å². The van der Waals surface area contributed by atoms with E-state index in [2.05, 4.69) is 241 Å².